The molecule has 0 aliphatic heterocycles. The second kappa shape index (κ2) is 4.37. The van der Waals surface area contributed by atoms with E-state index in [1.54, 1.807) is 12.1 Å². The Bertz CT molecular complexity index is 377. The molecule has 3 heteroatoms. The zero-order chi connectivity index (χ0) is 10.6. The number of pyridine rings is 1. The van der Waals surface area contributed by atoms with E-state index < -0.39 is 0 Å². The Balaban J connectivity index is 2.80. The molecule has 0 bridgehead atoms. The molecular formula is C11H11NO2. The van der Waals surface area contributed by atoms with Gasteiger partial charge >= 0.3 is 0 Å². The first-order valence-corrected chi connectivity index (χ1v) is 4.12. The second-order valence-corrected chi connectivity index (χ2v) is 2.87. The molecule has 1 aromatic heterocycles. The van der Waals surface area contributed by atoms with E-state index in [-0.39, 0.29) is 11.5 Å². The Hall–Kier alpha value is -1.90. The highest BCUT2D eigenvalue weighted by Gasteiger charge is 1.96. The van der Waals surface area contributed by atoms with Crippen LogP contribution in [0.15, 0.2) is 37.1 Å². The highest BCUT2D eigenvalue weighted by Crippen LogP contribution is 2.13. The van der Waals surface area contributed by atoms with Crippen molar-refractivity contribution in [3.8, 4) is 5.75 Å². The molecule has 1 rings (SSSR count). The van der Waals surface area contributed by atoms with Gasteiger partial charge in [0.1, 0.15) is 5.75 Å². The molecular weight excluding hydrogens is 178 g/mol. The fourth-order valence-corrected chi connectivity index (χ4v) is 0.879. The average Bonchev–Trinajstić information content (AvgIpc) is 2.15. The van der Waals surface area contributed by atoms with Gasteiger partial charge in [0.15, 0.2) is 5.78 Å². The predicted molar refractivity (Wildman–Crippen MR) is 54.8 cm³/mol. The van der Waals surface area contributed by atoms with E-state index in [1.165, 1.54) is 25.3 Å². The summed E-state index contributed by atoms with van der Waals surface area (Å²) in [5, 5.41) is 8.99. The maximum absolute atomic E-state index is 10.6. The van der Waals surface area contributed by atoms with Crippen LogP contribution in [0.4, 0.5) is 0 Å². The molecule has 0 saturated heterocycles. The molecule has 0 spiro atoms. The fraction of sp³-hybridized carbons (Fsp3) is 0.0909. The number of rotatable bonds is 3. The van der Waals surface area contributed by atoms with Crippen molar-refractivity contribution in [2.45, 2.75) is 6.92 Å². The van der Waals surface area contributed by atoms with Crippen LogP contribution in [0.5, 0.6) is 5.75 Å². The second-order valence-electron chi connectivity index (χ2n) is 2.87. The quantitative estimate of drug-likeness (QED) is 0.584. The lowest BCUT2D eigenvalue weighted by Gasteiger charge is -1.98. The molecule has 1 aromatic rings. The molecule has 0 atom stereocenters. The summed E-state index contributed by atoms with van der Waals surface area (Å²) in [6.45, 7) is 5.21. The molecule has 1 heterocycles. The molecule has 3 nitrogen and oxygen atoms in total. The van der Waals surface area contributed by atoms with Crippen LogP contribution in [0.2, 0.25) is 0 Å². The summed E-state index contributed by atoms with van der Waals surface area (Å²) in [5.41, 5.74) is 1.28. The van der Waals surface area contributed by atoms with Crippen LogP contribution in [0.3, 0.4) is 0 Å². The maximum Gasteiger partial charge on any atom is 0.152 e. The summed E-state index contributed by atoms with van der Waals surface area (Å²) in [6.07, 6.45) is 4.36. The normalized spacial score (nSPS) is 10.4. The smallest absolute Gasteiger partial charge is 0.152 e. The highest BCUT2D eigenvalue weighted by molar-refractivity contribution is 5.90. The summed E-state index contributed by atoms with van der Waals surface area (Å²) in [6, 6.07) is 3.16. The van der Waals surface area contributed by atoms with Gasteiger partial charge in [-0.25, -0.2) is 0 Å². The van der Waals surface area contributed by atoms with Crippen LogP contribution in [0.25, 0.3) is 5.57 Å². The number of nitrogens with zero attached hydrogens (tertiary/aromatic N) is 1. The number of aromatic hydroxyl groups is 1. The molecule has 0 unspecified atom stereocenters. The summed E-state index contributed by atoms with van der Waals surface area (Å²) in [7, 11) is 0. The minimum absolute atomic E-state index is 0.0371. The van der Waals surface area contributed by atoms with Crippen molar-refractivity contribution in [1.82, 2.24) is 4.98 Å². The van der Waals surface area contributed by atoms with Crippen LogP contribution in [0.1, 0.15) is 12.6 Å². The minimum atomic E-state index is -0.0371. The number of carbonyl (C=O) groups is 1. The molecule has 0 radical (unpaired) electrons. The van der Waals surface area contributed by atoms with E-state index in [1.807, 2.05) is 0 Å². The molecule has 0 saturated carbocycles. The van der Waals surface area contributed by atoms with Gasteiger partial charge in [-0.05, 0) is 36.8 Å². The van der Waals surface area contributed by atoms with Crippen LogP contribution in [-0.4, -0.2) is 15.9 Å². The van der Waals surface area contributed by atoms with Gasteiger partial charge in [-0.15, -0.1) is 0 Å². The van der Waals surface area contributed by atoms with Crippen LogP contribution < -0.4 is 0 Å². The van der Waals surface area contributed by atoms with Crippen molar-refractivity contribution in [1.29, 1.82) is 0 Å². The third-order valence-corrected chi connectivity index (χ3v) is 1.60. The molecule has 14 heavy (non-hydrogen) atoms. The number of ketones is 1. The maximum atomic E-state index is 10.6. The predicted octanol–water partition coefficient (Wildman–Crippen LogP) is 1.95. The zero-order valence-corrected chi connectivity index (χ0v) is 7.90. The van der Waals surface area contributed by atoms with Crippen molar-refractivity contribution >= 4 is 11.4 Å². The van der Waals surface area contributed by atoms with E-state index in [0.29, 0.717) is 11.3 Å². The lowest BCUT2D eigenvalue weighted by molar-refractivity contribution is -0.112. The van der Waals surface area contributed by atoms with Gasteiger partial charge in [-0.1, -0.05) is 6.58 Å². The Morgan fingerprint density at radius 3 is 2.71 bits per heavy atom. The lowest BCUT2D eigenvalue weighted by Crippen LogP contribution is -1.86. The summed E-state index contributed by atoms with van der Waals surface area (Å²) in [5.74, 6) is 0.0713. The number of carbonyl (C=O) groups excluding carboxylic acids is 1. The Morgan fingerprint density at radius 1 is 1.50 bits per heavy atom. The standard InChI is InChI=1S/C11H11NO2/c1-8(3-4-9(2)13)11-6-5-10(14)7-12-11/h3-7,14H,1H2,2H3/b4-3-. The van der Waals surface area contributed by atoms with Crippen molar-refractivity contribution in [3.63, 3.8) is 0 Å². The van der Waals surface area contributed by atoms with Crippen molar-refractivity contribution in [2.75, 3.05) is 0 Å². The van der Waals surface area contributed by atoms with Crippen molar-refractivity contribution < 1.29 is 9.90 Å². The van der Waals surface area contributed by atoms with Crippen LogP contribution in [-0.2, 0) is 4.79 Å². The van der Waals surface area contributed by atoms with E-state index in [0.717, 1.165) is 0 Å². The highest BCUT2D eigenvalue weighted by atomic mass is 16.3. The van der Waals surface area contributed by atoms with Crippen molar-refractivity contribution in [3.05, 3.63) is 42.8 Å². The molecule has 72 valence electrons. The number of hydrogen-bond acceptors (Lipinski definition) is 3. The van der Waals surface area contributed by atoms with Gasteiger partial charge < -0.3 is 5.11 Å². The largest absolute Gasteiger partial charge is 0.506 e. The average molecular weight is 189 g/mol. The third-order valence-electron chi connectivity index (χ3n) is 1.60. The fourth-order valence-electron chi connectivity index (χ4n) is 0.879. The van der Waals surface area contributed by atoms with Gasteiger partial charge in [0, 0.05) is 0 Å². The Morgan fingerprint density at radius 2 is 2.21 bits per heavy atom. The van der Waals surface area contributed by atoms with Gasteiger partial charge in [0.05, 0.1) is 11.9 Å². The zero-order valence-electron chi connectivity index (χ0n) is 7.90. The number of hydrogen-bond donors (Lipinski definition) is 1. The van der Waals surface area contributed by atoms with E-state index >= 15 is 0 Å². The Kier molecular flexibility index (Phi) is 3.18. The first-order chi connectivity index (χ1) is 6.59. The molecule has 0 fully saturated rings. The van der Waals surface area contributed by atoms with Crippen molar-refractivity contribution in [2.24, 2.45) is 0 Å². The minimum Gasteiger partial charge on any atom is -0.506 e. The van der Waals surface area contributed by atoms with Gasteiger partial charge in [0.2, 0.25) is 0 Å². The number of aromatic nitrogens is 1. The molecule has 0 aromatic carbocycles. The summed E-state index contributed by atoms with van der Waals surface area (Å²) < 4.78 is 0. The Labute approximate surface area is 82.4 Å². The summed E-state index contributed by atoms with van der Waals surface area (Å²) >= 11 is 0. The van der Waals surface area contributed by atoms with E-state index in [9.17, 15) is 4.79 Å². The first-order valence-electron chi connectivity index (χ1n) is 4.12. The first kappa shape index (κ1) is 10.2. The van der Waals surface area contributed by atoms with E-state index in [4.69, 9.17) is 5.11 Å². The molecule has 1 N–H and O–H groups in total. The summed E-state index contributed by atoms with van der Waals surface area (Å²) in [4.78, 5) is 14.6. The molecule has 0 aliphatic carbocycles. The lowest BCUT2D eigenvalue weighted by atomic mass is 10.1. The van der Waals surface area contributed by atoms with E-state index in [2.05, 4.69) is 11.6 Å². The van der Waals surface area contributed by atoms with Crippen LogP contribution in [0, 0.1) is 0 Å². The van der Waals surface area contributed by atoms with Crippen LogP contribution >= 0.6 is 0 Å². The molecule has 0 amide bonds. The SMILES string of the molecule is C=C(/C=C\C(C)=O)c1ccc(O)cn1. The molecule has 0 aliphatic rings. The topological polar surface area (TPSA) is 50.2 Å². The third kappa shape index (κ3) is 2.86. The van der Waals surface area contributed by atoms with Gasteiger partial charge in [0.25, 0.3) is 0 Å². The van der Waals surface area contributed by atoms with Gasteiger partial charge in [-0.3, -0.25) is 9.78 Å². The number of allylic oxidation sites excluding steroid dienone is 3. The van der Waals surface area contributed by atoms with Gasteiger partial charge in [-0.2, -0.15) is 0 Å². The monoisotopic (exact) mass is 189 g/mol.